The minimum absolute atomic E-state index is 0.0554. The maximum absolute atomic E-state index is 9.47. The molecule has 5 nitrogen and oxygen atoms in total. The zero-order valence-electron chi connectivity index (χ0n) is 14.6. The van der Waals surface area contributed by atoms with Crippen molar-refractivity contribution in [3.8, 4) is 5.75 Å². The molecule has 0 bridgehead atoms. The summed E-state index contributed by atoms with van der Waals surface area (Å²) in [5.74, 6) is 1.39. The molecule has 0 aliphatic carbocycles. The smallest absolute Gasteiger partial charge is 0.141 e. The van der Waals surface area contributed by atoms with E-state index in [2.05, 4.69) is 41.3 Å². The van der Waals surface area contributed by atoms with Gasteiger partial charge in [-0.1, -0.05) is 36.9 Å². The first kappa shape index (κ1) is 17.4. The lowest BCUT2D eigenvalue weighted by atomic mass is 10.1. The third kappa shape index (κ3) is 3.78. The Morgan fingerprint density at radius 3 is 2.54 bits per heavy atom. The van der Waals surface area contributed by atoms with Gasteiger partial charge in [0, 0.05) is 17.9 Å². The number of phenols is 1. The van der Waals surface area contributed by atoms with Crippen LogP contribution in [0.2, 0.25) is 0 Å². The molecule has 3 rings (SSSR count). The van der Waals surface area contributed by atoms with Gasteiger partial charge in [-0.2, -0.15) is 0 Å². The highest BCUT2D eigenvalue weighted by Gasteiger charge is 2.21. The van der Waals surface area contributed by atoms with Crippen LogP contribution in [0.3, 0.4) is 0 Å². The van der Waals surface area contributed by atoms with Gasteiger partial charge in [0.05, 0.1) is 5.57 Å². The Labute approximate surface area is 153 Å². The highest BCUT2D eigenvalue weighted by atomic mass is 16.3. The van der Waals surface area contributed by atoms with E-state index >= 15 is 0 Å². The van der Waals surface area contributed by atoms with Gasteiger partial charge in [-0.3, -0.25) is 0 Å². The molecule has 0 saturated carbocycles. The zero-order chi connectivity index (χ0) is 18.5. The molecule has 26 heavy (non-hydrogen) atoms. The van der Waals surface area contributed by atoms with Crippen LogP contribution < -0.4 is 16.4 Å². The van der Waals surface area contributed by atoms with Gasteiger partial charge in [0.25, 0.3) is 0 Å². The van der Waals surface area contributed by atoms with Gasteiger partial charge in [-0.05, 0) is 48.4 Å². The van der Waals surface area contributed by atoms with E-state index in [-0.39, 0.29) is 11.8 Å². The summed E-state index contributed by atoms with van der Waals surface area (Å²) in [6.07, 6.45) is 3.42. The first-order valence-corrected chi connectivity index (χ1v) is 8.37. The van der Waals surface area contributed by atoms with E-state index in [1.54, 1.807) is 12.1 Å². The lowest BCUT2D eigenvalue weighted by Gasteiger charge is -2.17. The monoisotopic (exact) mass is 346 g/mol. The van der Waals surface area contributed by atoms with Gasteiger partial charge >= 0.3 is 0 Å². The maximum atomic E-state index is 9.47. The first-order valence-electron chi connectivity index (χ1n) is 8.37. The average Bonchev–Trinajstić information content (AvgIpc) is 3.07. The van der Waals surface area contributed by atoms with E-state index in [4.69, 9.17) is 5.73 Å². The molecule has 0 fully saturated rings. The summed E-state index contributed by atoms with van der Waals surface area (Å²) in [5, 5.41) is 16.0. The first-order chi connectivity index (χ1) is 12.6. The van der Waals surface area contributed by atoms with Crippen molar-refractivity contribution in [2.75, 3.05) is 0 Å². The standard InChI is InChI=1S/C21H22N4O/c1-3-23-21-18(13-19(25-21)16-9-11-17(26)12-10-16)20(22)24-14(2)15-7-5-4-6-8-15/h3-14,24,26H,1,22H2,2H3,(H,23,25)/b20-18+/t14-/m0/s1. The average molecular weight is 346 g/mol. The van der Waals surface area contributed by atoms with Gasteiger partial charge in [0.15, 0.2) is 0 Å². The normalized spacial score (nSPS) is 18.0. The quantitative estimate of drug-likeness (QED) is 0.669. The number of nitrogens with two attached hydrogens (primary N) is 1. The number of nitrogens with zero attached hydrogens (tertiary/aromatic N) is 1. The Bertz CT molecular complexity index is 880. The lowest BCUT2D eigenvalue weighted by Crippen LogP contribution is -2.28. The van der Waals surface area contributed by atoms with Crippen LogP contribution in [-0.2, 0) is 0 Å². The fourth-order valence-electron chi connectivity index (χ4n) is 2.77. The summed E-state index contributed by atoms with van der Waals surface area (Å²) in [4.78, 5) is 4.29. The van der Waals surface area contributed by atoms with Crippen molar-refractivity contribution in [1.82, 2.24) is 10.6 Å². The van der Waals surface area contributed by atoms with E-state index in [9.17, 15) is 5.11 Å². The van der Waals surface area contributed by atoms with E-state index in [0.29, 0.717) is 11.7 Å². The Kier molecular flexibility index (Phi) is 5.08. The Hall–Kier alpha value is -3.47. The molecule has 0 radical (unpaired) electrons. The van der Waals surface area contributed by atoms with E-state index < -0.39 is 0 Å². The molecule has 0 spiro atoms. The highest BCUT2D eigenvalue weighted by molar-refractivity contribution is 6.11. The molecule has 0 amide bonds. The van der Waals surface area contributed by atoms with Gasteiger partial charge in [-0.15, -0.1) is 0 Å². The highest BCUT2D eigenvalue weighted by Crippen LogP contribution is 2.24. The molecule has 0 aromatic heterocycles. The molecule has 0 saturated heterocycles. The van der Waals surface area contributed by atoms with Crippen LogP contribution in [0.1, 0.15) is 24.1 Å². The van der Waals surface area contributed by atoms with Crippen LogP contribution in [0.4, 0.5) is 0 Å². The van der Waals surface area contributed by atoms with Crippen LogP contribution in [0.15, 0.2) is 89.8 Å². The number of hydrogen-bond donors (Lipinski definition) is 4. The van der Waals surface area contributed by atoms with Gasteiger partial charge in [0.1, 0.15) is 17.4 Å². The van der Waals surface area contributed by atoms with Crippen molar-refractivity contribution in [3.05, 3.63) is 96.0 Å². The minimum atomic E-state index is 0.0554. The van der Waals surface area contributed by atoms with Crippen molar-refractivity contribution >= 4 is 11.5 Å². The fourth-order valence-corrected chi connectivity index (χ4v) is 2.77. The summed E-state index contributed by atoms with van der Waals surface area (Å²) >= 11 is 0. The van der Waals surface area contributed by atoms with E-state index in [1.807, 2.05) is 36.4 Å². The second-order valence-electron chi connectivity index (χ2n) is 5.99. The summed E-state index contributed by atoms with van der Waals surface area (Å²) in [6, 6.07) is 17.1. The third-order valence-electron chi connectivity index (χ3n) is 4.16. The molecule has 5 N–H and O–H groups in total. The summed E-state index contributed by atoms with van der Waals surface area (Å²) in [7, 11) is 0. The van der Waals surface area contributed by atoms with Crippen molar-refractivity contribution in [2.24, 2.45) is 10.7 Å². The Balaban J connectivity index is 1.91. The second-order valence-corrected chi connectivity index (χ2v) is 5.99. The molecular formula is C21H22N4O. The fraction of sp³-hybridized carbons (Fsp3) is 0.0952. The molecule has 1 aliphatic heterocycles. The molecule has 1 heterocycles. The molecule has 2 aromatic carbocycles. The summed E-state index contributed by atoms with van der Waals surface area (Å²) < 4.78 is 0. The number of aromatic hydroxyl groups is 1. The minimum Gasteiger partial charge on any atom is -0.508 e. The number of nitrogens with one attached hydrogen (secondary N) is 2. The number of aliphatic imine (C=N–C) groups is 1. The van der Waals surface area contributed by atoms with E-state index in [1.165, 1.54) is 6.20 Å². The van der Waals surface area contributed by atoms with Crippen LogP contribution in [0.25, 0.3) is 5.70 Å². The maximum Gasteiger partial charge on any atom is 0.141 e. The molecule has 5 heteroatoms. The Morgan fingerprint density at radius 1 is 1.19 bits per heavy atom. The molecule has 1 atom stereocenters. The van der Waals surface area contributed by atoms with E-state index in [0.717, 1.165) is 22.4 Å². The molecule has 132 valence electrons. The summed E-state index contributed by atoms with van der Waals surface area (Å²) in [5.41, 5.74) is 10.0. The second kappa shape index (κ2) is 7.61. The predicted molar refractivity (Wildman–Crippen MR) is 106 cm³/mol. The van der Waals surface area contributed by atoms with Gasteiger partial charge in [0.2, 0.25) is 0 Å². The van der Waals surface area contributed by atoms with Crippen LogP contribution in [0.5, 0.6) is 5.75 Å². The van der Waals surface area contributed by atoms with Gasteiger partial charge in [-0.25, -0.2) is 4.99 Å². The lowest BCUT2D eigenvalue weighted by molar-refractivity contribution is 0.475. The van der Waals surface area contributed by atoms with Crippen molar-refractivity contribution in [2.45, 2.75) is 13.0 Å². The van der Waals surface area contributed by atoms with Crippen LogP contribution in [0, 0.1) is 0 Å². The third-order valence-corrected chi connectivity index (χ3v) is 4.16. The van der Waals surface area contributed by atoms with Crippen molar-refractivity contribution < 1.29 is 5.11 Å². The zero-order valence-corrected chi connectivity index (χ0v) is 14.6. The number of phenolic OH excluding ortho intramolecular Hbond substituents is 1. The Morgan fingerprint density at radius 2 is 1.88 bits per heavy atom. The number of rotatable bonds is 5. The van der Waals surface area contributed by atoms with Crippen LogP contribution in [-0.4, -0.2) is 10.9 Å². The SMILES string of the molecule is C=C/N=C1/NC(c2ccc(O)cc2)=C/C1=C(/N)N[C@@H](C)c1ccccc1. The largest absolute Gasteiger partial charge is 0.508 e. The number of hydrogen-bond acceptors (Lipinski definition) is 4. The van der Waals surface area contributed by atoms with Gasteiger partial charge < -0.3 is 21.5 Å². The van der Waals surface area contributed by atoms with Crippen molar-refractivity contribution in [3.63, 3.8) is 0 Å². The summed E-state index contributed by atoms with van der Waals surface area (Å²) in [6.45, 7) is 5.72. The molecule has 0 unspecified atom stereocenters. The number of amidine groups is 1. The predicted octanol–water partition coefficient (Wildman–Crippen LogP) is 3.40. The topological polar surface area (TPSA) is 82.7 Å². The van der Waals surface area contributed by atoms with Crippen molar-refractivity contribution in [1.29, 1.82) is 0 Å². The molecular weight excluding hydrogens is 324 g/mol. The number of benzene rings is 2. The van der Waals surface area contributed by atoms with Crippen LogP contribution >= 0.6 is 0 Å². The molecule has 1 aliphatic rings. The molecule has 2 aromatic rings.